The molecule has 0 saturated heterocycles. The SMILES string of the molecule is COc1cc([N+](=O)[O-])ccc1NC(=O)CSc1nnc(-c2ccco2)n1-c1ccccc1. The zero-order valence-electron chi connectivity index (χ0n) is 16.8. The summed E-state index contributed by atoms with van der Waals surface area (Å²) in [6, 6.07) is 17.0. The number of hydrogen-bond acceptors (Lipinski definition) is 8. The maximum absolute atomic E-state index is 12.6. The molecule has 0 aliphatic heterocycles. The van der Waals surface area contributed by atoms with Crippen LogP contribution in [0.5, 0.6) is 5.75 Å². The number of nitro groups is 1. The number of methoxy groups -OCH3 is 1. The molecule has 32 heavy (non-hydrogen) atoms. The van der Waals surface area contributed by atoms with Gasteiger partial charge in [0.1, 0.15) is 5.75 Å². The summed E-state index contributed by atoms with van der Waals surface area (Å²) in [5.74, 6) is 0.965. The van der Waals surface area contributed by atoms with Gasteiger partial charge in [0, 0.05) is 11.8 Å². The lowest BCUT2D eigenvalue weighted by atomic mass is 10.2. The highest BCUT2D eigenvalue weighted by Crippen LogP contribution is 2.30. The number of carbonyl (C=O) groups excluding carboxylic acids is 1. The first-order valence-electron chi connectivity index (χ1n) is 9.36. The number of carbonyl (C=O) groups is 1. The molecule has 0 spiro atoms. The van der Waals surface area contributed by atoms with Crippen LogP contribution in [0.15, 0.2) is 76.5 Å². The van der Waals surface area contributed by atoms with E-state index in [1.54, 1.807) is 18.4 Å². The summed E-state index contributed by atoms with van der Waals surface area (Å²) in [5.41, 5.74) is 1.03. The van der Waals surface area contributed by atoms with Crippen molar-refractivity contribution >= 4 is 29.0 Å². The van der Waals surface area contributed by atoms with Crippen LogP contribution >= 0.6 is 11.8 Å². The zero-order valence-corrected chi connectivity index (χ0v) is 17.6. The van der Waals surface area contributed by atoms with Crippen molar-refractivity contribution in [2.24, 2.45) is 0 Å². The fraction of sp³-hybridized carbons (Fsp3) is 0.0952. The normalized spacial score (nSPS) is 10.7. The van der Waals surface area contributed by atoms with Gasteiger partial charge < -0.3 is 14.5 Å². The van der Waals surface area contributed by atoms with E-state index in [0.29, 0.717) is 22.4 Å². The van der Waals surface area contributed by atoms with Crippen LogP contribution in [0.2, 0.25) is 0 Å². The number of anilines is 1. The molecule has 0 radical (unpaired) electrons. The highest BCUT2D eigenvalue weighted by molar-refractivity contribution is 7.99. The zero-order chi connectivity index (χ0) is 22.5. The number of nitro benzene ring substituents is 1. The fourth-order valence-electron chi connectivity index (χ4n) is 2.95. The number of benzene rings is 2. The number of non-ortho nitro benzene ring substituents is 1. The molecule has 0 aliphatic carbocycles. The van der Waals surface area contributed by atoms with Crippen LogP contribution < -0.4 is 10.1 Å². The number of furan rings is 1. The van der Waals surface area contributed by atoms with Crippen LogP contribution in [-0.4, -0.2) is 38.5 Å². The third kappa shape index (κ3) is 4.47. The van der Waals surface area contributed by atoms with Gasteiger partial charge in [-0.05, 0) is 30.3 Å². The van der Waals surface area contributed by atoms with Crippen molar-refractivity contribution < 1.29 is 18.9 Å². The van der Waals surface area contributed by atoms with Crippen LogP contribution in [0.1, 0.15) is 0 Å². The Morgan fingerprint density at radius 1 is 1.19 bits per heavy atom. The summed E-state index contributed by atoms with van der Waals surface area (Å²) >= 11 is 1.20. The molecule has 0 bridgehead atoms. The Balaban J connectivity index is 1.53. The molecule has 0 unspecified atom stereocenters. The lowest BCUT2D eigenvalue weighted by molar-refractivity contribution is -0.384. The average molecular weight is 451 g/mol. The van der Waals surface area contributed by atoms with Crippen molar-refractivity contribution in [1.29, 1.82) is 0 Å². The maximum atomic E-state index is 12.6. The molecule has 4 aromatic rings. The predicted octanol–water partition coefficient (Wildman–Crippen LogP) is 4.17. The largest absolute Gasteiger partial charge is 0.494 e. The Bertz CT molecular complexity index is 1240. The van der Waals surface area contributed by atoms with E-state index in [0.717, 1.165) is 5.69 Å². The number of para-hydroxylation sites is 1. The first kappa shape index (κ1) is 21.1. The Morgan fingerprint density at radius 3 is 2.69 bits per heavy atom. The van der Waals surface area contributed by atoms with Gasteiger partial charge in [-0.3, -0.25) is 19.5 Å². The van der Waals surface area contributed by atoms with Crippen LogP contribution in [-0.2, 0) is 4.79 Å². The number of ether oxygens (including phenoxy) is 1. The molecule has 0 saturated carbocycles. The minimum absolute atomic E-state index is 0.0310. The molecule has 0 aliphatic rings. The summed E-state index contributed by atoms with van der Waals surface area (Å²) in [5, 5.41) is 22.6. The second kappa shape index (κ2) is 9.35. The molecule has 4 rings (SSSR count). The molecule has 162 valence electrons. The number of thioether (sulfide) groups is 1. The summed E-state index contributed by atoms with van der Waals surface area (Å²) < 4.78 is 12.4. The van der Waals surface area contributed by atoms with Crippen LogP contribution in [0, 0.1) is 10.1 Å². The molecule has 10 nitrogen and oxygen atoms in total. The first-order valence-corrected chi connectivity index (χ1v) is 10.3. The van der Waals surface area contributed by atoms with Gasteiger partial charge in [0.2, 0.25) is 11.7 Å². The van der Waals surface area contributed by atoms with Crippen molar-refractivity contribution in [1.82, 2.24) is 14.8 Å². The van der Waals surface area contributed by atoms with Gasteiger partial charge in [0.25, 0.3) is 5.69 Å². The Hall–Kier alpha value is -4.12. The third-order valence-electron chi connectivity index (χ3n) is 4.39. The van der Waals surface area contributed by atoms with Crippen LogP contribution in [0.3, 0.4) is 0 Å². The van der Waals surface area contributed by atoms with Crippen LogP contribution in [0.4, 0.5) is 11.4 Å². The summed E-state index contributed by atoms with van der Waals surface area (Å²) in [7, 11) is 1.38. The molecule has 0 atom stereocenters. The molecular formula is C21H17N5O5S. The molecular weight excluding hydrogens is 434 g/mol. The van der Waals surface area contributed by atoms with Gasteiger partial charge in [0.15, 0.2) is 10.9 Å². The van der Waals surface area contributed by atoms with E-state index < -0.39 is 4.92 Å². The summed E-state index contributed by atoms with van der Waals surface area (Å²) in [6.45, 7) is 0. The standard InChI is InChI=1S/C21H17N5O5S/c1-30-18-12-15(26(28)29)9-10-16(18)22-19(27)13-32-21-24-23-20(17-8-5-11-31-17)25(21)14-6-3-2-4-7-14/h2-12H,13H2,1H3,(H,22,27). The first-order chi connectivity index (χ1) is 15.6. The van der Waals surface area contributed by atoms with Gasteiger partial charge in [-0.15, -0.1) is 10.2 Å². The molecule has 0 fully saturated rings. The highest BCUT2D eigenvalue weighted by atomic mass is 32.2. The smallest absolute Gasteiger partial charge is 0.273 e. The van der Waals surface area contributed by atoms with E-state index in [1.165, 1.54) is 37.1 Å². The van der Waals surface area contributed by atoms with Crippen molar-refractivity contribution in [3.8, 4) is 23.0 Å². The Kier molecular flexibility index (Phi) is 6.17. The highest BCUT2D eigenvalue weighted by Gasteiger charge is 2.19. The van der Waals surface area contributed by atoms with Crippen LogP contribution in [0.25, 0.3) is 17.3 Å². The van der Waals surface area contributed by atoms with E-state index >= 15 is 0 Å². The predicted molar refractivity (Wildman–Crippen MR) is 118 cm³/mol. The third-order valence-corrected chi connectivity index (χ3v) is 5.32. The quantitative estimate of drug-likeness (QED) is 0.240. The van der Waals surface area contributed by atoms with Gasteiger partial charge >= 0.3 is 0 Å². The lowest BCUT2D eigenvalue weighted by Crippen LogP contribution is -2.15. The van der Waals surface area contributed by atoms with E-state index in [1.807, 2.05) is 34.9 Å². The average Bonchev–Trinajstić information content (AvgIpc) is 3.48. The molecule has 1 amide bonds. The lowest BCUT2D eigenvalue weighted by Gasteiger charge is -2.11. The monoisotopic (exact) mass is 451 g/mol. The molecule has 11 heteroatoms. The number of rotatable bonds is 8. The molecule has 2 heterocycles. The minimum atomic E-state index is -0.531. The van der Waals surface area contributed by atoms with Crippen molar-refractivity contribution in [2.75, 3.05) is 18.2 Å². The maximum Gasteiger partial charge on any atom is 0.273 e. The second-order valence-corrected chi connectivity index (χ2v) is 7.38. The number of amides is 1. The van der Waals surface area contributed by atoms with Crippen molar-refractivity contribution in [3.05, 3.63) is 77.0 Å². The van der Waals surface area contributed by atoms with E-state index in [2.05, 4.69) is 15.5 Å². The van der Waals surface area contributed by atoms with Crippen molar-refractivity contribution in [2.45, 2.75) is 5.16 Å². The number of nitrogens with zero attached hydrogens (tertiary/aromatic N) is 4. The molecule has 1 N–H and O–H groups in total. The summed E-state index contributed by atoms with van der Waals surface area (Å²) in [6.07, 6.45) is 1.55. The van der Waals surface area contributed by atoms with Gasteiger partial charge in [-0.1, -0.05) is 30.0 Å². The Labute approximate surface area is 186 Å². The molecule has 2 aromatic heterocycles. The van der Waals surface area contributed by atoms with Gasteiger partial charge in [0.05, 0.1) is 35.8 Å². The van der Waals surface area contributed by atoms with E-state index in [9.17, 15) is 14.9 Å². The van der Waals surface area contributed by atoms with E-state index in [-0.39, 0.29) is 23.1 Å². The van der Waals surface area contributed by atoms with Gasteiger partial charge in [-0.2, -0.15) is 0 Å². The minimum Gasteiger partial charge on any atom is -0.494 e. The Morgan fingerprint density at radius 2 is 2.00 bits per heavy atom. The number of aromatic nitrogens is 3. The number of hydrogen-bond donors (Lipinski definition) is 1. The van der Waals surface area contributed by atoms with E-state index in [4.69, 9.17) is 9.15 Å². The van der Waals surface area contributed by atoms with Gasteiger partial charge in [-0.25, -0.2) is 0 Å². The topological polar surface area (TPSA) is 125 Å². The summed E-state index contributed by atoms with van der Waals surface area (Å²) in [4.78, 5) is 23.0. The van der Waals surface area contributed by atoms with Crippen molar-refractivity contribution in [3.63, 3.8) is 0 Å². The fourth-order valence-corrected chi connectivity index (χ4v) is 3.70. The number of nitrogens with one attached hydrogen (secondary N) is 1. The second-order valence-electron chi connectivity index (χ2n) is 6.43. The molecule has 2 aromatic carbocycles.